The number of amidine groups is 1. The van der Waals surface area contributed by atoms with Crippen LogP contribution in [-0.4, -0.2) is 38.5 Å². The lowest BCUT2D eigenvalue weighted by Crippen LogP contribution is -2.34. The second-order valence-corrected chi connectivity index (χ2v) is 9.42. The maximum atomic E-state index is 12.6. The summed E-state index contributed by atoms with van der Waals surface area (Å²) in [5.74, 6) is 0.894. The summed E-state index contributed by atoms with van der Waals surface area (Å²) in [4.78, 5) is 6.74. The standard InChI is InChI=1S/C17H26ClN3O2S/c1-12(2)24(22,23)16-7-6-14(9-15(16)20-17(19)10-18)21-8-4-5-13(3)11-21/h6-7,9,12-13H,4-5,8,10-11H2,1-3H3,(H2,19,20). The fourth-order valence-electron chi connectivity index (χ4n) is 2.89. The van der Waals surface area contributed by atoms with Crippen LogP contribution in [0.5, 0.6) is 0 Å². The third-order valence-corrected chi connectivity index (χ3v) is 6.77. The van der Waals surface area contributed by atoms with Gasteiger partial charge in [-0.1, -0.05) is 6.92 Å². The Kier molecular flexibility index (Phi) is 6.15. The molecule has 1 aromatic carbocycles. The van der Waals surface area contributed by atoms with Gasteiger partial charge in [-0.25, -0.2) is 13.4 Å². The molecule has 1 saturated heterocycles. The molecule has 7 heteroatoms. The number of aliphatic imine (C=N–C) groups is 1. The molecule has 0 bridgehead atoms. The fourth-order valence-corrected chi connectivity index (χ4v) is 4.11. The van der Waals surface area contributed by atoms with E-state index in [4.69, 9.17) is 17.3 Å². The fraction of sp³-hybridized carbons (Fsp3) is 0.588. The van der Waals surface area contributed by atoms with E-state index in [2.05, 4.69) is 16.8 Å². The second-order valence-electron chi connectivity index (χ2n) is 6.68. The van der Waals surface area contributed by atoms with E-state index >= 15 is 0 Å². The lowest BCUT2D eigenvalue weighted by atomic mass is 10.00. The minimum absolute atomic E-state index is 0.0616. The zero-order chi connectivity index (χ0) is 17.9. The van der Waals surface area contributed by atoms with Gasteiger partial charge in [-0.15, -0.1) is 11.6 Å². The Morgan fingerprint density at radius 2 is 2.17 bits per heavy atom. The quantitative estimate of drug-likeness (QED) is 0.489. The highest BCUT2D eigenvalue weighted by molar-refractivity contribution is 7.92. The molecule has 1 aliphatic rings. The Balaban J connectivity index is 2.50. The Morgan fingerprint density at radius 3 is 2.75 bits per heavy atom. The van der Waals surface area contributed by atoms with E-state index in [0.29, 0.717) is 11.6 Å². The number of nitrogens with zero attached hydrogens (tertiary/aromatic N) is 2. The molecule has 1 aliphatic heterocycles. The molecule has 134 valence electrons. The van der Waals surface area contributed by atoms with Gasteiger partial charge in [0.1, 0.15) is 5.84 Å². The van der Waals surface area contributed by atoms with Crippen LogP contribution in [0.4, 0.5) is 11.4 Å². The SMILES string of the molecule is CC1CCCN(c2ccc(S(=O)(=O)C(C)C)c(N=C(N)CCl)c2)C1. The number of benzene rings is 1. The van der Waals surface area contributed by atoms with Gasteiger partial charge in [-0.05, 0) is 50.8 Å². The van der Waals surface area contributed by atoms with Gasteiger partial charge in [0.05, 0.1) is 21.7 Å². The van der Waals surface area contributed by atoms with Gasteiger partial charge in [-0.2, -0.15) is 0 Å². The maximum Gasteiger partial charge on any atom is 0.182 e. The van der Waals surface area contributed by atoms with E-state index in [1.54, 1.807) is 19.9 Å². The maximum absolute atomic E-state index is 12.6. The predicted octanol–water partition coefficient (Wildman–Crippen LogP) is 3.33. The molecule has 1 aromatic rings. The molecule has 2 N–H and O–H groups in total. The molecule has 0 saturated carbocycles. The summed E-state index contributed by atoms with van der Waals surface area (Å²) in [7, 11) is -3.44. The number of anilines is 1. The number of alkyl halides is 1. The lowest BCUT2D eigenvalue weighted by Gasteiger charge is -2.33. The first-order chi connectivity index (χ1) is 11.3. The number of hydrogen-bond donors (Lipinski definition) is 1. The van der Waals surface area contributed by atoms with Gasteiger partial charge >= 0.3 is 0 Å². The molecule has 0 aromatic heterocycles. The second kappa shape index (κ2) is 7.74. The normalized spacial score (nSPS) is 19.8. The number of halogens is 1. The van der Waals surface area contributed by atoms with E-state index < -0.39 is 15.1 Å². The molecule has 24 heavy (non-hydrogen) atoms. The Hall–Kier alpha value is -1.27. The van der Waals surface area contributed by atoms with Crippen molar-refractivity contribution in [3.8, 4) is 0 Å². The smallest absolute Gasteiger partial charge is 0.182 e. The molecule has 0 radical (unpaired) electrons. The largest absolute Gasteiger partial charge is 0.386 e. The Bertz CT molecular complexity index is 717. The van der Waals surface area contributed by atoms with Crippen LogP contribution in [0.25, 0.3) is 0 Å². The van der Waals surface area contributed by atoms with Gasteiger partial charge in [0.2, 0.25) is 0 Å². The molecule has 1 fully saturated rings. The first-order valence-corrected chi connectivity index (χ1v) is 10.4. The summed E-state index contributed by atoms with van der Waals surface area (Å²) < 4.78 is 25.2. The van der Waals surface area contributed by atoms with Crippen LogP contribution in [0.2, 0.25) is 0 Å². The highest BCUT2D eigenvalue weighted by atomic mass is 35.5. The third-order valence-electron chi connectivity index (χ3n) is 4.29. The summed E-state index contributed by atoms with van der Waals surface area (Å²) >= 11 is 5.72. The Labute approximate surface area is 149 Å². The minimum atomic E-state index is -3.44. The van der Waals surface area contributed by atoms with E-state index in [-0.39, 0.29) is 16.6 Å². The number of piperidine rings is 1. The molecule has 0 aliphatic carbocycles. The van der Waals surface area contributed by atoms with Crippen LogP contribution in [0.15, 0.2) is 28.1 Å². The van der Waals surface area contributed by atoms with E-state index in [1.807, 2.05) is 12.1 Å². The van der Waals surface area contributed by atoms with E-state index in [1.165, 1.54) is 6.42 Å². The van der Waals surface area contributed by atoms with Crippen LogP contribution in [0.1, 0.15) is 33.6 Å². The van der Waals surface area contributed by atoms with Crippen LogP contribution in [0, 0.1) is 5.92 Å². The molecule has 1 atom stereocenters. The highest BCUT2D eigenvalue weighted by Crippen LogP contribution is 2.33. The molecule has 0 spiro atoms. The summed E-state index contributed by atoms with van der Waals surface area (Å²) in [5.41, 5.74) is 7.10. The van der Waals surface area contributed by atoms with Crippen molar-refractivity contribution in [1.82, 2.24) is 0 Å². The average Bonchev–Trinajstić information content (AvgIpc) is 2.54. The van der Waals surface area contributed by atoms with Crippen LogP contribution in [0.3, 0.4) is 0 Å². The monoisotopic (exact) mass is 371 g/mol. The lowest BCUT2D eigenvalue weighted by molar-refractivity contribution is 0.447. The predicted molar refractivity (Wildman–Crippen MR) is 101 cm³/mol. The molecule has 0 amide bonds. The van der Waals surface area contributed by atoms with Gasteiger partial charge in [0, 0.05) is 18.8 Å². The zero-order valence-corrected chi connectivity index (χ0v) is 16.1. The third kappa shape index (κ3) is 4.22. The van der Waals surface area contributed by atoms with Crippen LogP contribution >= 0.6 is 11.6 Å². The first kappa shape index (κ1) is 19.1. The van der Waals surface area contributed by atoms with Gasteiger partial charge in [0.25, 0.3) is 0 Å². The van der Waals surface area contributed by atoms with Crippen LogP contribution < -0.4 is 10.6 Å². The van der Waals surface area contributed by atoms with E-state index in [9.17, 15) is 8.42 Å². The van der Waals surface area contributed by atoms with Crippen molar-refractivity contribution in [2.45, 2.75) is 43.8 Å². The number of sulfone groups is 1. The van der Waals surface area contributed by atoms with E-state index in [0.717, 1.165) is 25.2 Å². The van der Waals surface area contributed by atoms with Crippen molar-refractivity contribution < 1.29 is 8.42 Å². The molecule has 5 nitrogen and oxygen atoms in total. The first-order valence-electron chi connectivity index (χ1n) is 8.27. The van der Waals surface area contributed by atoms with Gasteiger partial charge in [-0.3, -0.25) is 0 Å². The average molecular weight is 372 g/mol. The summed E-state index contributed by atoms with van der Waals surface area (Å²) in [6, 6.07) is 5.32. The van der Waals surface area contributed by atoms with Gasteiger partial charge < -0.3 is 10.6 Å². The number of nitrogens with two attached hydrogens (primary N) is 1. The molecule has 1 heterocycles. The topological polar surface area (TPSA) is 75.8 Å². The van der Waals surface area contributed by atoms with Crippen molar-refractivity contribution in [3.05, 3.63) is 18.2 Å². The van der Waals surface area contributed by atoms with Crippen LogP contribution in [-0.2, 0) is 9.84 Å². The Morgan fingerprint density at radius 1 is 1.46 bits per heavy atom. The molecule has 1 unspecified atom stereocenters. The molecular formula is C17H26ClN3O2S. The minimum Gasteiger partial charge on any atom is -0.386 e. The molecular weight excluding hydrogens is 346 g/mol. The summed E-state index contributed by atoms with van der Waals surface area (Å²) in [6.07, 6.45) is 2.36. The van der Waals surface area contributed by atoms with Crippen molar-refractivity contribution in [1.29, 1.82) is 0 Å². The molecule has 2 rings (SSSR count). The summed E-state index contributed by atoms with van der Waals surface area (Å²) in [5, 5.41) is -0.524. The summed E-state index contributed by atoms with van der Waals surface area (Å²) in [6.45, 7) is 7.48. The van der Waals surface area contributed by atoms with Crippen molar-refractivity contribution in [3.63, 3.8) is 0 Å². The van der Waals surface area contributed by atoms with Crippen molar-refractivity contribution >= 4 is 38.6 Å². The number of rotatable bonds is 5. The van der Waals surface area contributed by atoms with Gasteiger partial charge in [0.15, 0.2) is 9.84 Å². The zero-order valence-electron chi connectivity index (χ0n) is 14.5. The van der Waals surface area contributed by atoms with Crippen molar-refractivity contribution in [2.75, 3.05) is 23.9 Å². The van der Waals surface area contributed by atoms with Crippen molar-refractivity contribution in [2.24, 2.45) is 16.6 Å². The highest BCUT2D eigenvalue weighted by Gasteiger charge is 2.24. The number of hydrogen-bond acceptors (Lipinski definition) is 4.